The molecule has 2 nitrogen and oxygen atoms in total. The Labute approximate surface area is 77.1 Å². The molecule has 1 aromatic heterocycles. The molecule has 0 saturated carbocycles. The highest BCUT2D eigenvalue weighted by atomic mass is 19.1. The van der Waals surface area contributed by atoms with E-state index in [1.165, 1.54) is 12.3 Å². The van der Waals surface area contributed by atoms with E-state index in [2.05, 4.69) is 11.6 Å². The van der Waals surface area contributed by atoms with Crippen LogP contribution in [0.3, 0.4) is 0 Å². The van der Waals surface area contributed by atoms with Crippen LogP contribution in [0.25, 0.3) is 0 Å². The highest BCUT2D eigenvalue weighted by molar-refractivity contribution is 5.10. The van der Waals surface area contributed by atoms with Gasteiger partial charge in [-0.2, -0.15) is 0 Å². The maximum Gasteiger partial charge on any atom is 0.141 e. The van der Waals surface area contributed by atoms with Gasteiger partial charge < -0.3 is 4.74 Å². The van der Waals surface area contributed by atoms with Crippen LogP contribution in [0.2, 0.25) is 0 Å². The van der Waals surface area contributed by atoms with Crippen molar-refractivity contribution in [3.05, 3.63) is 42.2 Å². The first-order valence-electron chi connectivity index (χ1n) is 4.13. The average Bonchev–Trinajstić information content (AvgIpc) is 2.09. The van der Waals surface area contributed by atoms with E-state index >= 15 is 0 Å². The van der Waals surface area contributed by atoms with Crippen LogP contribution < -0.4 is 0 Å². The number of nitrogens with zero attached hydrogens (tertiary/aromatic N) is 1. The van der Waals surface area contributed by atoms with Gasteiger partial charge in [0.2, 0.25) is 0 Å². The second kappa shape index (κ2) is 4.60. The molecule has 0 unspecified atom stereocenters. The van der Waals surface area contributed by atoms with Gasteiger partial charge in [0.15, 0.2) is 0 Å². The van der Waals surface area contributed by atoms with Crippen molar-refractivity contribution in [1.82, 2.24) is 4.98 Å². The lowest BCUT2D eigenvalue weighted by atomic mass is 10.2. The summed E-state index contributed by atoms with van der Waals surface area (Å²) in [6, 6.07) is 3.00. The molecule has 0 aromatic carbocycles. The number of rotatable bonds is 4. The lowest BCUT2D eigenvalue weighted by Crippen LogP contribution is -1.97. The number of halogens is 1. The first kappa shape index (κ1) is 9.71. The molecule has 3 heteroatoms. The molecule has 1 rings (SSSR count). The van der Waals surface area contributed by atoms with Crippen LogP contribution in [0.15, 0.2) is 30.7 Å². The largest absolute Gasteiger partial charge is 0.498 e. The summed E-state index contributed by atoms with van der Waals surface area (Å²) in [4.78, 5) is 3.88. The quantitative estimate of drug-likeness (QED) is 0.665. The number of hydrogen-bond acceptors (Lipinski definition) is 2. The van der Waals surface area contributed by atoms with E-state index in [9.17, 15) is 4.39 Å². The molecular formula is C10H12FNO. The normalized spacial score (nSPS) is 9.69. The van der Waals surface area contributed by atoms with Gasteiger partial charge in [0.1, 0.15) is 5.82 Å². The number of ether oxygens (including phenoxy) is 1. The molecule has 0 N–H and O–H groups in total. The SMILES string of the molecule is C=C(Cc1ccc(F)cn1)OCC. The van der Waals surface area contributed by atoms with E-state index in [1.807, 2.05) is 6.92 Å². The predicted molar refractivity (Wildman–Crippen MR) is 48.7 cm³/mol. The Hall–Kier alpha value is -1.38. The van der Waals surface area contributed by atoms with E-state index in [-0.39, 0.29) is 5.82 Å². The smallest absolute Gasteiger partial charge is 0.141 e. The summed E-state index contributed by atoms with van der Waals surface area (Å²) in [6.07, 6.45) is 1.72. The van der Waals surface area contributed by atoms with E-state index < -0.39 is 0 Å². The van der Waals surface area contributed by atoms with Crippen LogP contribution in [-0.4, -0.2) is 11.6 Å². The van der Waals surface area contributed by atoms with Gasteiger partial charge in [0.05, 0.1) is 18.6 Å². The molecule has 13 heavy (non-hydrogen) atoms. The molecule has 0 aliphatic carbocycles. The van der Waals surface area contributed by atoms with Gasteiger partial charge in [-0.25, -0.2) is 4.39 Å². The van der Waals surface area contributed by atoms with Crippen molar-refractivity contribution < 1.29 is 9.13 Å². The van der Waals surface area contributed by atoms with Crippen LogP contribution in [0.4, 0.5) is 4.39 Å². The fourth-order valence-corrected chi connectivity index (χ4v) is 0.968. The first-order chi connectivity index (χ1) is 6.22. The second-order valence-corrected chi connectivity index (χ2v) is 2.62. The summed E-state index contributed by atoms with van der Waals surface area (Å²) in [5.41, 5.74) is 0.764. The molecule has 0 spiro atoms. The van der Waals surface area contributed by atoms with Crippen LogP contribution in [0.5, 0.6) is 0 Å². The zero-order valence-corrected chi connectivity index (χ0v) is 7.59. The Kier molecular flexibility index (Phi) is 3.43. The minimum atomic E-state index is -0.328. The maximum absolute atomic E-state index is 12.5. The van der Waals surface area contributed by atoms with Crippen LogP contribution in [0.1, 0.15) is 12.6 Å². The highest BCUT2D eigenvalue weighted by Crippen LogP contribution is 2.05. The molecule has 0 radical (unpaired) electrons. The van der Waals surface area contributed by atoms with E-state index in [0.717, 1.165) is 5.69 Å². The Morgan fingerprint density at radius 2 is 2.38 bits per heavy atom. The van der Waals surface area contributed by atoms with Crippen molar-refractivity contribution in [1.29, 1.82) is 0 Å². The molecule has 70 valence electrons. The molecule has 0 amide bonds. The van der Waals surface area contributed by atoms with Crippen molar-refractivity contribution in [3.63, 3.8) is 0 Å². The second-order valence-electron chi connectivity index (χ2n) is 2.62. The summed E-state index contributed by atoms with van der Waals surface area (Å²) in [6.45, 7) is 6.20. The standard InChI is InChI=1S/C10H12FNO/c1-3-13-8(2)6-10-5-4-9(11)7-12-10/h4-5,7H,2-3,6H2,1H3. The summed E-state index contributed by atoms with van der Waals surface area (Å²) >= 11 is 0. The van der Waals surface area contributed by atoms with Gasteiger partial charge in [-0.15, -0.1) is 0 Å². The number of aromatic nitrogens is 1. The van der Waals surface area contributed by atoms with Crippen LogP contribution >= 0.6 is 0 Å². The molecule has 0 atom stereocenters. The van der Waals surface area contributed by atoms with Gasteiger partial charge >= 0.3 is 0 Å². The van der Waals surface area contributed by atoms with Gasteiger partial charge in [-0.05, 0) is 19.1 Å². The minimum absolute atomic E-state index is 0.328. The van der Waals surface area contributed by atoms with Crippen molar-refractivity contribution in [3.8, 4) is 0 Å². The monoisotopic (exact) mass is 181 g/mol. The first-order valence-corrected chi connectivity index (χ1v) is 4.13. The lowest BCUT2D eigenvalue weighted by molar-refractivity contribution is 0.224. The summed E-state index contributed by atoms with van der Waals surface area (Å²) in [5, 5.41) is 0. The molecule has 0 bridgehead atoms. The van der Waals surface area contributed by atoms with Crippen molar-refractivity contribution >= 4 is 0 Å². The fourth-order valence-electron chi connectivity index (χ4n) is 0.968. The van der Waals surface area contributed by atoms with Gasteiger partial charge in [0.25, 0.3) is 0 Å². The third-order valence-electron chi connectivity index (χ3n) is 1.52. The topological polar surface area (TPSA) is 22.1 Å². The predicted octanol–water partition coefficient (Wildman–Crippen LogP) is 2.31. The average molecular weight is 181 g/mol. The van der Waals surface area contributed by atoms with Gasteiger partial charge in [-0.1, -0.05) is 6.58 Å². The summed E-state index contributed by atoms with van der Waals surface area (Å²) < 4.78 is 17.6. The molecule has 0 aliphatic heterocycles. The zero-order chi connectivity index (χ0) is 9.68. The Balaban J connectivity index is 2.54. The van der Waals surface area contributed by atoms with Crippen LogP contribution in [0, 0.1) is 5.82 Å². The molecular weight excluding hydrogens is 169 g/mol. The number of pyridine rings is 1. The third-order valence-corrected chi connectivity index (χ3v) is 1.52. The van der Waals surface area contributed by atoms with Crippen LogP contribution in [-0.2, 0) is 11.2 Å². The Morgan fingerprint density at radius 1 is 1.62 bits per heavy atom. The third kappa shape index (κ3) is 3.23. The van der Waals surface area contributed by atoms with Crippen molar-refractivity contribution in [2.45, 2.75) is 13.3 Å². The molecule has 0 aliphatic rings. The fraction of sp³-hybridized carbons (Fsp3) is 0.300. The highest BCUT2D eigenvalue weighted by Gasteiger charge is 1.98. The number of hydrogen-bond donors (Lipinski definition) is 0. The summed E-state index contributed by atoms with van der Waals surface area (Å²) in [5.74, 6) is 0.326. The Bertz CT molecular complexity index is 281. The lowest BCUT2D eigenvalue weighted by Gasteiger charge is -2.05. The minimum Gasteiger partial charge on any atom is -0.498 e. The maximum atomic E-state index is 12.5. The van der Waals surface area contributed by atoms with Gasteiger partial charge in [0, 0.05) is 12.1 Å². The van der Waals surface area contributed by atoms with E-state index in [0.29, 0.717) is 18.8 Å². The van der Waals surface area contributed by atoms with Gasteiger partial charge in [-0.3, -0.25) is 4.98 Å². The van der Waals surface area contributed by atoms with Crippen molar-refractivity contribution in [2.24, 2.45) is 0 Å². The van der Waals surface area contributed by atoms with E-state index in [1.54, 1.807) is 6.07 Å². The summed E-state index contributed by atoms with van der Waals surface area (Å²) in [7, 11) is 0. The number of allylic oxidation sites excluding steroid dienone is 1. The molecule has 0 fully saturated rings. The van der Waals surface area contributed by atoms with Crippen molar-refractivity contribution in [2.75, 3.05) is 6.61 Å². The Morgan fingerprint density at radius 3 is 2.92 bits per heavy atom. The van der Waals surface area contributed by atoms with E-state index in [4.69, 9.17) is 4.74 Å². The molecule has 1 heterocycles. The molecule has 1 aromatic rings. The molecule has 0 saturated heterocycles. The zero-order valence-electron chi connectivity index (χ0n) is 7.59.